The maximum atomic E-state index is 6.52. The highest BCUT2D eigenvalue weighted by molar-refractivity contribution is 6.11. The molecular formula is C35H31N3O. The molecule has 0 N–H and O–H groups in total. The fraction of sp³-hybridized carbons (Fsp3) is 0.200. The Morgan fingerprint density at radius 2 is 1.26 bits per heavy atom. The Labute approximate surface area is 227 Å². The fourth-order valence-electron chi connectivity index (χ4n) is 6.04. The van der Waals surface area contributed by atoms with E-state index in [-0.39, 0.29) is 0 Å². The van der Waals surface area contributed by atoms with Gasteiger partial charge >= 0.3 is 0 Å². The van der Waals surface area contributed by atoms with Gasteiger partial charge in [-0.05, 0) is 42.0 Å². The van der Waals surface area contributed by atoms with Gasteiger partial charge in [-0.15, -0.1) is 0 Å². The van der Waals surface area contributed by atoms with Gasteiger partial charge in [-0.3, -0.25) is 4.57 Å². The SMILES string of the molecule is Cc1nc2nc(-c3cccc4c3oc3ccccc34)n(-c3c(C(C)C)cccc3C(C)C)c2c2ccccc12. The molecule has 7 aromatic rings. The van der Waals surface area contributed by atoms with Crippen LogP contribution in [0.15, 0.2) is 89.3 Å². The number of fused-ring (bicyclic) bond motifs is 6. The molecule has 3 heterocycles. The number of hydrogen-bond donors (Lipinski definition) is 0. The molecule has 4 heteroatoms. The number of hydrogen-bond acceptors (Lipinski definition) is 3. The van der Waals surface area contributed by atoms with Crippen LogP contribution in [0.1, 0.15) is 56.4 Å². The van der Waals surface area contributed by atoms with Crippen molar-refractivity contribution in [3.63, 3.8) is 0 Å². The van der Waals surface area contributed by atoms with Crippen LogP contribution in [0.5, 0.6) is 0 Å². The van der Waals surface area contributed by atoms with Crippen LogP contribution in [-0.4, -0.2) is 14.5 Å². The highest BCUT2D eigenvalue weighted by Gasteiger charge is 2.26. The average Bonchev–Trinajstić information content (AvgIpc) is 3.51. The lowest BCUT2D eigenvalue weighted by molar-refractivity contribution is 0.669. The monoisotopic (exact) mass is 509 g/mol. The Bertz CT molecular complexity index is 2010. The first-order chi connectivity index (χ1) is 18.9. The van der Waals surface area contributed by atoms with E-state index >= 15 is 0 Å². The van der Waals surface area contributed by atoms with Crippen molar-refractivity contribution in [1.82, 2.24) is 14.5 Å². The van der Waals surface area contributed by atoms with Crippen LogP contribution < -0.4 is 0 Å². The molecule has 7 rings (SSSR count). The Hall–Kier alpha value is -4.44. The molecule has 0 saturated carbocycles. The Morgan fingerprint density at radius 3 is 1.97 bits per heavy atom. The first-order valence-electron chi connectivity index (χ1n) is 13.8. The number of imidazole rings is 1. The molecular weight excluding hydrogens is 478 g/mol. The number of pyridine rings is 1. The van der Waals surface area contributed by atoms with Crippen LogP contribution in [-0.2, 0) is 0 Å². The molecule has 0 aliphatic carbocycles. The first-order valence-corrected chi connectivity index (χ1v) is 13.8. The summed E-state index contributed by atoms with van der Waals surface area (Å²) in [5.41, 5.74) is 9.26. The van der Waals surface area contributed by atoms with Crippen LogP contribution in [0.25, 0.3) is 61.0 Å². The molecule has 0 bridgehead atoms. The zero-order chi connectivity index (χ0) is 26.8. The Kier molecular flexibility index (Phi) is 5.34. The second kappa shape index (κ2) is 8.81. The molecule has 0 spiro atoms. The third-order valence-corrected chi connectivity index (χ3v) is 7.92. The van der Waals surface area contributed by atoms with Crippen LogP contribution in [0, 0.1) is 6.92 Å². The fourth-order valence-corrected chi connectivity index (χ4v) is 6.04. The molecule has 0 radical (unpaired) electrons. The van der Waals surface area contributed by atoms with E-state index in [1.165, 1.54) is 16.8 Å². The predicted molar refractivity (Wildman–Crippen MR) is 162 cm³/mol. The lowest BCUT2D eigenvalue weighted by Gasteiger charge is -2.23. The van der Waals surface area contributed by atoms with Crippen molar-refractivity contribution >= 4 is 43.9 Å². The highest BCUT2D eigenvalue weighted by Crippen LogP contribution is 2.42. The van der Waals surface area contributed by atoms with Gasteiger partial charge in [-0.25, -0.2) is 9.97 Å². The maximum absolute atomic E-state index is 6.52. The number of aromatic nitrogens is 3. The van der Waals surface area contributed by atoms with Gasteiger partial charge in [0, 0.05) is 27.2 Å². The minimum Gasteiger partial charge on any atom is -0.455 e. The number of nitrogens with zero attached hydrogens (tertiary/aromatic N) is 3. The smallest absolute Gasteiger partial charge is 0.179 e. The van der Waals surface area contributed by atoms with Gasteiger partial charge in [-0.1, -0.05) is 100 Å². The van der Waals surface area contributed by atoms with Crippen molar-refractivity contribution in [3.05, 3.63) is 102 Å². The lowest BCUT2D eigenvalue weighted by atomic mass is 9.92. The van der Waals surface area contributed by atoms with E-state index in [2.05, 4.69) is 112 Å². The van der Waals surface area contributed by atoms with E-state index in [0.717, 1.165) is 61.0 Å². The Morgan fingerprint density at radius 1 is 0.641 bits per heavy atom. The van der Waals surface area contributed by atoms with Crippen molar-refractivity contribution in [2.24, 2.45) is 0 Å². The quantitative estimate of drug-likeness (QED) is 0.237. The third kappa shape index (κ3) is 3.51. The standard InChI is InChI=1S/C35H31N3O/c1-20(2)23-15-10-16-24(21(3)4)31(23)38-32-27-14-7-6-12-25(27)22(5)36-34(32)37-35(38)29-18-11-17-28-26-13-8-9-19-30(26)39-33(28)29/h6-21H,1-5H3. The molecule has 0 amide bonds. The number of benzene rings is 4. The normalized spacial score (nSPS) is 12.2. The van der Waals surface area contributed by atoms with Gasteiger partial charge < -0.3 is 4.42 Å². The van der Waals surface area contributed by atoms with Crippen LogP contribution in [0.3, 0.4) is 0 Å². The summed E-state index contributed by atoms with van der Waals surface area (Å²) in [7, 11) is 0. The summed E-state index contributed by atoms with van der Waals surface area (Å²) in [5.74, 6) is 1.51. The van der Waals surface area contributed by atoms with E-state index in [9.17, 15) is 0 Å². The molecule has 39 heavy (non-hydrogen) atoms. The molecule has 192 valence electrons. The number of furan rings is 1. The summed E-state index contributed by atoms with van der Waals surface area (Å²) in [6.45, 7) is 11.1. The molecule has 0 unspecified atom stereocenters. The van der Waals surface area contributed by atoms with Gasteiger partial charge in [0.2, 0.25) is 0 Å². The van der Waals surface area contributed by atoms with E-state index < -0.39 is 0 Å². The van der Waals surface area contributed by atoms with E-state index in [0.29, 0.717) is 11.8 Å². The van der Waals surface area contributed by atoms with Crippen molar-refractivity contribution < 1.29 is 4.42 Å². The van der Waals surface area contributed by atoms with Crippen LogP contribution in [0.4, 0.5) is 0 Å². The molecule has 4 aromatic carbocycles. The van der Waals surface area contributed by atoms with Gasteiger partial charge in [0.15, 0.2) is 11.5 Å². The summed E-state index contributed by atoms with van der Waals surface area (Å²) in [6, 6.07) is 29.9. The zero-order valence-corrected chi connectivity index (χ0v) is 23.0. The van der Waals surface area contributed by atoms with Crippen molar-refractivity contribution in [2.45, 2.75) is 46.5 Å². The molecule has 0 fully saturated rings. The number of rotatable bonds is 4. The van der Waals surface area contributed by atoms with Gasteiger partial charge in [0.1, 0.15) is 16.7 Å². The van der Waals surface area contributed by atoms with Crippen molar-refractivity contribution in [2.75, 3.05) is 0 Å². The van der Waals surface area contributed by atoms with Gasteiger partial charge in [0.05, 0.1) is 11.3 Å². The summed E-state index contributed by atoms with van der Waals surface area (Å²) in [5, 5.41) is 4.51. The summed E-state index contributed by atoms with van der Waals surface area (Å²) < 4.78 is 8.89. The van der Waals surface area contributed by atoms with Gasteiger partial charge in [0.25, 0.3) is 0 Å². The highest BCUT2D eigenvalue weighted by atomic mass is 16.3. The topological polar surface area (TPSA) is 43.9 Å². The zero-order valence-electron chi connectivity index (χ0n) is 23.0. The number of para-hydroxylation sites is 3. The maximum Gasteiger partial charge on any atom is 0.179 e. The third-order valence-electron chi connectivity index (χ3n) is 7.92. The molecule has 0 saturated heterocycles. The number of aryl methyl sites for hydroxylation is 1. The summed E-state index contributed by atoms with van der Waals surface area (Å²) >= 11 is 0. The first kappa shape index (κ1) is 23.7. The Balaban J connectivity index is 1.71. The van der Waals surface area contributed by atoms with Crippen molar-refractivity contribution in [3.8, 4) is 17.1 Å². The molecule has 0 aliphatic heterocycles. The van der Waals surface area contributed by atoms with Crippen LogP contribution in [0.2, 0.25) is 0 Å². The second-order valence-electron chi connectivity index (χ2n) is 11.1. The van der Waals surface area contributed by atoms with Crippen molar-refractivity contribution in [1.29, 1.82) is 0 Å². The molecule has 4 nitrogen and oxygen atoms in total. The van der Waals surface area contributed by atoms with Crippen LogP contribution >= 0.6 is 0 Å². The molecule has 3 aromatic heterocycles. The lowest BCUT2D eigenvalue weighted by Crippen LogP contribution is -2.09. The molecule has 0 aliphatic rings. The summed E-state index contributed by atoms with van der Waals surface area (Å²) in [4.78, 5) is 10.3. The molecule has 0 atom stereocenters. The van der Waals surface area contributed by atoms with E-state index in [4.69, 9.17) is 14.4 Å². The summed E-state index contributed by atoms with van der Waals surface area (Å²) in [6.07, 6.45) is 0. The average molecular weight is 510 g/mol. The van der Waals surface area contributed by atoms with E-state index in [1.54, 1.807) is 0 Å². The second-order valence-corrected chi connectivity index (χ2v) is 11.1. The largest absolute Gasteiger partial charge is 0.455 e. The minimum atomic E-state index is 0.329. The predicted octanol–water partition coefficient (Wildman–Crippen LogP) is 9.70. The van der Waals surface area contributed by atoms with Gasteiger partial charge in [-0.2, -0.15) is 0 Å². The van der Waals surface area contributed by atoms with E-state index in [1.807, 2.05) is 12.1 Å². The minimum absolute atomic E-state index is 0.329.